The number of aryl methyl sites for hydroxylation is 1. The van der Waals surface area contributed by atoms with E-state index in [1.807, 2.05) is 47.4 Å². The van der Waals surface area contributed by atoms with Crippen LogP contribution >= 0.6 is 0 Å². The molecule has 0 bridgehead atoms. The molecule has 0 saturated heterocycles. The van der Waals surface area contributed by atoms with Gasteiger partial charge in [0.15, 0.2) is 5.96 Å². The highest BCUT2D eigenvalue weighted by molar-refractivity contribution is 5.98. The Balaban J connectivity index is 1.55. The van der Waals surface area contributed by atoms with E-state index in [0.29, 0.717) is 19.1 Å². The molecule has 0 spiro atoms. The maximum absolute atomic E-state index is 12.8. The number of aliphatic imine (C=N–C) groups is 1. The van der Waals surface area contributed by atoms with Crippen molar-refractivity contribution in [3.63, 3.8) is 0 Å². The topological polar surface area (TPSA) is 66.0 Å². The molecule has 0 unspecified atom stereocenters. The van der Waals surface area contributed by atoms with E-state index in [9.17, 15) is 4.79 Å². The Bertz CT molecular complexity index is 879. The van der Waals surface area contributed by atoms with Crippen molar-refractivity contribution in [3.05, 3.63) is 72.3 Å². The fraction of sp³-hybridized carbons (Fsp3) is 0.304. The van der Waals surface area contributed by atoms with Gasteiger partial charge in [-0.15, -0.1) is 0 Å². The minimum absolute atomic E-state index is 0.0369. The maximum atomic E-state index is 12.8. The number of benzene rings is 2. The number of fused-ring (bicyclic) bond motifs is 1. The first-order chi connectivity index (χ1) is 14.2. The van der Waals surface area contributed by atoms with Crippen molar-refractivity contribution in [2.75, 3.05) is 31.6 Å². The average Bonchev–Trinajstić information content (AvgIpc) is 2.77. The fourth-order valence-corrected chi connectivity index (χ4v) is 3.39. The van der Waals surface area contributed by atoms with Gasteiger partial charge in [-0.3, -0.25) is 9.79 Å². The zero-order valence-electron chi connectivity index (χ0n) is 16.9. The number of para-hydroxylation sites is 2. The Morgan fingerprint density at radius 2 is 2.00 bits per heavy atom. The van der Waals surface area contributed by atoms with Crippen molar-refractivity contribution in [1.82, 2.24) is 10.6 Å². The number of nitrogens with one attached hydrogen (secondary N) is 2. The summed E-state index contributed by atoms with van der Waals surface area (Å²) in [6.45, 7) is 5.60. The molecule has 0 radical (unpaired) electrons. The molecule has 2 aromatic rings. The lowest BCUT2D eigenvalue weighted by molar-refractivity contribution is -0.117. The quantitative estimate of drug-likeness (QED) is 0.432. The number of hydrogen-bond donors (Lipinski definition) is 2. The fourth-order valence-electron chi connectivity index (χ4n) is 3.39. The highest BCUT2D eigenvalue weighted by Crippen LogP contribution is 2.26. The van der Waals surface area contributed by atoms with Gasteiger partial charge in [-0.1, -0.05) is 49.1 Å². The molecule has 1 aliphatic rings. The second-order valence-corrected chi connectivity index (χ2v) is 6.76. The second kappa shape index (κ2) is 10.3. The molecular formula is C23H28N4O2. The van der Waals surface area contributed by atoms with Crippen molar-refractivity contribution in [2.45, 2.75) is 19.4 Å². The number of rotatable bonds is 7. The molecule has 0 fully saturated rings. The first-order valence-electron chi connectivity index (χ1n) is 9.87. The zero-order chi connectivity index (χ0) is 20.5. The number of ether oxygens (including phenoxy) is 1. The van der Waals surface area contributed by atoms with E-state index < -0.39 is 0 Å². The molecule has 6 nitrogen and oxygen atoms in total. The Morgan fingerprint density at radius 3 is 2.83 bits per heavy atom. The van der Waals surface area contributed by atoms with E-state index >= 15 is 0 Å². The summed E-state index contributed by atoms with van der Waals surface area (Å²) in [5, 5.41) is 6.36. The van der Waals surface area contributed by atoms with Crippen LogP contribution in [0.3, 0.4) is 0 Å². The van der Waals surface area contributed by atoms with E-state index in [0.717, 1.165) is 36.4 Å². The molecule has 1 aliphatic heterocycles. The molecule has 1 heterocycles. The van der Waals surface area contributed by atoms with Gasteiger partial charge in [0.1, 0.15) is 12.4 Å². The summed E-state index contributed by atoms with van der Waals surface area (Å²) in [4.78, 5) is 18.9. The van der Waals surface area contributed by atoms with Crippen LogP contribution in [0.25, 0.3) is 0 Å². The molecule has 152 valence electrons. The SMILES string of the molecule is C=CCOc1ccccc1CNC(=NC)NCC(=O)N1CCCc2ccccc21. The first kappa shape index (κ1) is 20.5. The van der Waals surface area contributed by atoms with Gasteiger partial charge < -0.3 is 20.3 Å². The van der Waals surface area contributed by atoms with E-state index in [1.54, 1.807) is 13.1 Å². The third-order valence-corrected chi connectivity index (χ3v) is 4.82. The standard InChI is InChI=1S/C23H28N4O2/c1-3-15-29-21-13-7-5-10-19(21)16-25-23(24-2)26-17-22(28)27-14-8-11-18-9-4-6-12-20(18)27/h3-7,9-10,12-13H,1,8,11,14-17H2,2H3,(H2,24,25,26). The monoisotopic (exact) mass is 392 g/mol. The van der Waals surface area contributed by atoms with Gasteiger partial charge in [0.05, 0.1) is 6.54 Å². The second-order valence-electron chi connectivity index (χ2n) is 6.76. The molecule has 2 aromatic carbocycles. The van der Waals surface area contributed by atoms with Gasteiger partial charge in [-0.05, 0) is 30.5 Å². The van der Waals surface area contributed by atoms with Crippen LogP contribution in [0.2, 0.25) is 0 Å². The normalized spacial score (nSPS) is 13.4. The smallest absolute Gasteiger partial charge is 0.246 e. The summed E-state index contributed by atoms with van der Waals surface area (Å²) in [5.41, 5.74) is 3.25. The van der Waals surface area contributed by atoms with Gasteiger partial charge in [0, 0.05) is 31.4 Å². The molecule has 0 aliphatic carbocycles. The molecule has 1 amide bonds. The average molecular weight is 393 g/mol. The van der Waals surface area contributed by atoms with E-state index in [1.165, 1.54) is 5.56 Å². The molecule has 6 heteroatoms. The van der Waals surface area contributed by atoms with Crippen molar-refractivity contribution >= 4 is 17.6 Å². The molecule has 0 atom stereocenters. The minimum Gasteiger partial charge on any atom is -0.489 e. The van der Waals surface area contributed by atoms with Crippen LogP contribution in [-0.4, -0.2) is 38.6 Å². The number of nitrogens with zero attached hydrogens (tertiary/aromatic N) is 2. The highest BCUT2D eigenvalue weighted by Gasteiger charge is 2.22. The lowest BCUT2D eigenvalue weighted by Crippen LogP contribution is -2.45. The van der Waals surface area contributed by atoms with Crippen LogP contribution in [0.5, 0.6) is 5.75 Å². The predicted molar refractivity (Wildman–Crippen MR) is 117 cm³/mol. The number of guanidine groups is 1. The number of amides is 1. The van der Waals surface area contributed by atoms with Crippen molar-refractivity contribution in [2.24, 2.45) is 4.99 Å². The predicted octanol–water partition coefficient (Wildman–Crippen LogP) is 2.90. The van der Waals surface area contributed by atoms with Crippen LogP contribution in [0.15, 0.2) is 66.2 Å². The van der Waals surface area contributed by atoms with Gasteiger partial charge in [0.2, 0.25) is 5.91 Å². The van der Waals surface area contributed by atoms with E-state index in [-0.39, 0.29) is 12.5 Å². The summed E-state index contributed by atoms with van der Waals surface area (Å²) in [7, 11) is 1.69. The minimum atomic E-state index is 0.0369. The molecule has 3 rings (SSSR count). The Kier molecular flexibility index (Phi) is 7.28. The van der Waals surface area contributed by atoms with Crippen LogP contribution in [0, 0.1) is 0 Å². The number of hydrogen-bond acceptors (Lipinski definition) is 3. The van der Waals surface area contributed by atoms with Gasteiger partial charge in [0.25, 0.3) is 0 Å². The number of anilines is 1. The van der Waals surface area contributed by atoms with E-state index in [4.69, 9.17) is 4.74 Å². The third kappa shape index (κ3) is 5.38. The molecule has 0 aromatic heterocycles. The zero-order valence-corrected chi connectivity index (χ0v) is 16.9. The Labute approximate surface area is 172 Å². The largest absolute Gasteiger partial charge is 0.489 e. The summed E-state index contributed by atoms with van der Waals surface area (Å²) < 4.78 is 5.68. The maximum Gasteiger partial charge on any atom is 0.246 e. The number of carbonyl (C=O) groups is 1. The van der Waals surface area contributed by atoms with Crippen LogP contribution < -0.4 is 20.3 Å². The van der Waals surface area contributed by atoms with E-state index in [2.05, 4.69) is 28.3 Å². The van der Waals surface area contributed by atoms with Crippen molar-refractivity contribution in [3.8, 4) is 5.75 Å². The summed E-state index contributed by atoms with van der Waals surface area (Å²) in [5.74, 6) is 1.41. The molecule has 2 N–H and O–H groups in total. The highest BCUT2D eigenvalue weighted by atomic mass is 16.5. The summed E-state index contributed by atoms with van der Waals surface area (Å²) in [6.07, 6.45) is 3.72. The first-order valence-corrected chi connectivity index (χ1v) is 9.87. The molecule has 0 saturated carbocycles. The summed E-state index contributed by atoms with van der Waals surface area (Å²) >= 11 is 0. The van der Waals surface area contributed by atoms with Crippen LogP contribution in [-0.2, 0) is 17.8 Å². The van der Waals surface area contributed by atoms with Gasteiger partial charge >= 0.3 is 0 Å². The van der Waals surface area contributed by atoms with Gasteiger partial charge in [-0.2, -0.15) is 0 Å². The number of carbonyl (C=O) groups excluding carboxylic acids is 1. The Hall–Kier alpha value is -3.28. The van der Waals surface area contributed by atoms with Crippen LogP contribution in [0.1, 0.15) is 17.5 Å². The van der Waals surface area contributed by atoms with Crippen molar-refractivity contribution in [1.29, 1.82) is 0 Å². The van der Waals surface area contributed by atoms with Crippen molar-refractivity contribution < 1.29 is 9.53 Å². The Morgan fingerprint density at radius 1 is 1.21 bits per heavy atom. The van der Waals surface area contributed by atoms with Crippen LogP contribution in [0.4, 0.5) is 5.69 Å². The van der Waals surface area contributed by atoms with Gasteiger partial charge in [-0.25, -0.2) is 0 Å². The lowest BCUT2D eigenvalue weighted by Gasteiger charge is -2.29. The summed E-state index contributed by atoms with van der Waals surface area (Å²) in [6, 6.07) is 15.9. The lowest BCUT2D eigenvalue weighted by atomic mass is 10.0. The molecule has 29 heavy (non-hydrogen) atoms. The molecular weight excluding hydrogens is 364 g/mol. The third-order valence-electron chi connectivity index (χ3n) is 4.82.